The molecule has 2 aliphatic rings. The first kappa shape index (κ1) is 11.4. The second kappa shape index (κ2) is 4.42. The molecule has 0 aromatic rings. The first-order chi connectivity index (χ1) is 7.07. The van der Waals surface area contributed by atoms with Crippen LogP contribution >= 0.6 is 0 Å². The average molecular weight is 231 g/mol. The molecule has 2 atom stereocenters. The summed E-state index contributed by atoms with van der Waals surface area (Å²) in [5, 5.41) is 3.33. The molecule has 0 spiro atoms. The number of nitrogens with one attached hydrogen (secondary N) is 1. The lowest BCUT2D eigenvalue weighted by molar-refractivity contribution is 0.367. The van der Waals surface area contributed by atoms with Gasteiger partial charge in [-0.15, -0.1) is 0 Å². The van der Waals surface area contributed by atoms with Gasteiger partial charge in [-0.1, -0.05) is 12.8 Å². The van der Waals surface area contributed by atoms with Crippen LogP contribution in [-0.2, 0) is 9.84 Å². The molecule has 0 amide bonds. The third kappa shape index (κ3) is 3.18. The van der Waals surface area contributed by atoms with Crippen molar-refractivity contribution in [2.24, 2.45) is 5.92 Å². The Bertz CT molecular complexity index is 309. The van der Waals surface area contributed by atoms with Crippen molar-refractivity contribution in [3.63, 3.8) is 0 Å². The summed E-state index contributed by atoms with van der Waals surface area (Å²) in [4.78, 5) is 0. The van der Waals surface area contributed by atoms with E-state index in [0.717, 1.165) is 31.7 Å². The van der Waals surface area contributed by atoms with Gasteiger partial charge in [0.05, 0.1) is 5.25 Å². The summed E-state index contributed by atoms with van der Waals surface area (Å²) >= 11 is 0. The Balaban J connectivity index is 1.92. The maximum absolute atomic E-state index is 11.6. The maximum atomic E-state index is 11.6. The van der Waals surface area contributed by atoms with Gasteiger partial charge < -0.3 is 5.32 Å². The maximum Gasteiger partial charge on any atom is 0.151 e. The van der Waals surface area contributed by atoms with E-state index >= 15 is 0 Å². The van der Waals surface area contributed by atoms with Crippen LogP contribution in [0.5, 0.6) is 0 Å². The van der Waals surface area contributed by atoms with Gasteiger partial charge in [0, 0.05) is 12.3 Å². The van der Waals surface area contributed by atoms with Gasteiger partial charge >= 0.3 is 0 Å². The van der Waals surface area contributed by atoms with Crippen molar-refractivity contribution in [1.29, 1.82) is 0 Å². The molecule has 3 nitrogen and oxygen atoms in total. The standard InChI is InChI=1S/C11H21NO2S/c1-15(13,14)11-5-3-2-4-10(11)12-8-9-6-7-9/h9-12H,2-8H2,1H3. The second-order valence-corrected chi connectivity index (χ2v) is 7.38. The van der Waals surface area contributed by atoms with E-state index in [4.69, 9.17) is 0 Å². The second-order valence-electron chi connectivity index (χ2n) is 5.11. The molecule has 4 heteroatoms. The highest BCUT2D eigenvalue weighted by atomic mass is 32.2. The molecule has 2 unspecified atom stereocenters. The summed E-state index contributed by atoms with van der Waals surface area (Å²) in [7, 11) is -2.87. The van der Waals surface area contributed by atoms with Crippen LogP contribution in [0, 0.1) is 5.92 Å². The molecule has 2 aliphatic carbocycles. The van der Waals surface area contributed by atoms with Gasteiger partial charge in [-0.25, -0.2) is 8.42 Å². The van der Waals surface area contributed by atoms with Crippen molar-refractivity contribution >= 4 is 9.84 Å². The van der Waals surface area contributed by atoms with Crippen LogP contribution in [0.3, 0.4) is 0 Å². The van der Waals surface area contributed by atoms with Gasteiger partial charge in [0.15, 0.2) is 9.84 Å². The van der Waals surface area contributed by atoms with Crippen molar-refractivity contribution < 1.29 is 8.42 Å². The summed E-state index contributed by atoms with van der Waals surface area (Å²) in [5.74, 6) is 0.826. The van der Waals surface area contributed by atoms with E-state index in [-0.39, 0.29) is 11.3 Å². The fourth-order valence-electron chi connectivity index (χ4n) is 2.48. The Kier molecular flexibility index (Phi) is 3.36. The summed E-state index contributed by atoms with van der Waals surface area (Å²) in [6.45, 7) is 1.02. The molecular weight excluding hydrogens is 210 g/mol. The van der Waals surface area contributed by atoms with Crippen LogP contribution < -0.4 is 5.32 Å². The summed E-state index contributed by atoms with van der Waals surface area (Å²) < 4.78 is 23.2. The molecule has 0 radical (unpaired) electrons. The summed E-state index contributed by atoms with van der Waals surface area (Å²) in [6.07, 6.45) is 8.15. The summed E-state index contributed by atoms with van der Waals surface area (Å²) in [5.41, 5.74) is 0. The predicted molar refractivity (Wildman–Crippen MR) is 61.6 cm³/mol. The Hall–Kier alpha value is -0.0900. The van der Waals surface area contributed by atoms with Crippen LogP contribution in [0.1, 0.15) is 38.5 Å². The number of hydrogen-bond donors (Lipinski definition) is 1. The lowest BCUT2D eigenvalue weighted by atomic mass is 9.95. The van der Waals surface area contributed by atoms with E-state index in [1.165, 1.54) is 25.5 Å². The normalized spacial score (nSPS) is 32.9. The van der Waals surface area contributed by atoms with Gasteiger partial charge in [0.2, 0.25) is 0 Å². The molecule has 0 aromatic heterocycles. The molecule has 0 heterocycles. The lowest BCUT2D eigenvalue weighted by Crippen LogP contribution is -2.46. The van der Waals surface area contributed by atoms with E-state index in [0.29, 0.717) is 0 Å². The highest BCUT2D eigenvalue weighted by Gasteiger charge is 2.33. The van der Waals surface area contributed by atoms with Gasteiger partial charge in [-0.05, 0) is 38.1 Å². The first-order valence-corrected chi connectivity index (χ1v) is 7.95. The molecule has 1 N–H and O–H groups in total. The molecular formula is C11H21NO2S. The monoisotopic (exact) mass is 231 g/mol. The van der Waals surface area contributed by atoms with Crippen molar-refractivity contribution in [1.82, 2.24) is 5.32 Å². The first-order valence-electron chi connectivity index (χ1n) is 5.99. The van der Waals surface area contributed by atoms with Crippen molar-refractivity contribution in [2.75, 3.05) is 12.8 Å². The molecule has 15 heavy (non-hydrogen) atoms. The van der Waals surface area contributed by atoms with Crippen LogP contribution in [0.15, 0.2) is 0 Å². The van der Waals surface area contributed by atoms with Crippen LogP contribution in [0.25, 0.3) is 0 Å². The van der Waals surface area contributed by atoms with Crippen LogP contribution in [0.4, 0.5) is 0 Å². The molecule has 0 aliphatic heterocycles. The lowest BCUT2D eigenvalue weighted by Gasteiger charge is -2.31. The van der Waals surface area contributed by atoms with Gasteiger partial charge in [0.1, 0.15) is 0 Å². The van der Waals surface area contributed by atoms with E-state index in [2.05, 4.69) is 5.32 Å². The molecule has 2 saturated carbocycles. The SMILES string of the molecule is CS(=O)(=O)C1CCCCC1NCC1CC1. The quantitative estimate of drug-likeness (QED) is 0.794. The number of sulfone groups is 1. The minimum absolute atomic E-state index is 0.134. The van der Waals surface area contributed by atoms with E-state index in [1.54, 1.807) is 0 Å². The Labute approximate surface area is 92.6 Å². The minimum atomic E-state index is -2.87. The Morgan fingerprint density at radius 1 is 1.13 bits per heavy atom. The largest absolute Gasteiger partial charge is 0.312 e. The van der Waals surface area contributed by atoms with Crippen molar-refractivity contribution in [3.8, 4) is 0 Å². The molecule has 0 saturated heterocycles. The average Bonchev–Trinajstić information content (AvgIpc) is 2.97. The zero-order chi connectivity index (χ0) is 10.9. The zero-order valence-electron chi connectivity index (χ0n) is 9.41. The molecule has 88 valence electrons. The molecule has 2 rings (SSSR count). The Morgan fingerprint density at radius 3 is 2.40 bits per heavy atom. The predicted octanol–water partition coefficient (Wildman–Crippen LogP) is 1.34. The van der Waals surface area contributed by atoms with Crippen LogP contribution in [-0.4, -0.2) is 32.5 Å². The minimum Gasteiger partial charge on any atom is -0.312 e. The smallest absolute Gasteiger partial charge is 0.151 e. The molecule has 0 aromatic carbocycles. The van der Waals surface area contributed by atoms with Crippen molar-refractivity contribution in [2.45, 2.75) is 49.8 Å². The van der Waals surface area contributed by atoms with E-state index in [9.17, 15) is 8.42 Å². The van der Waals surface area contributed by atoms with Crippen LogP contribution in [0.2, 0.25) is 0 Å². The number of rotatable bonds is 4. The topological polar surface area (TPSA) is 46.2 Å². The Morgan fingerprint density at radius 2 is 1.80 bits per heavy atom. The third-order valence-electron chi connectivity index (χ3n) is 3.62. The summed E-state index contributed by atoms with van der Waals surface area (Å²) in [6, 6.07) is 0.217. The van der Waals surface area contributed by atoms with Crippen molar-refractivity contribution in [3.05, 3.63) is 0 Å². The third-order valence-corrected chi connectivity index (χ3v) is 5.28. The van der Waals surface area contributed by atoms with Gasteiger partial charge in [0.25, 0.3) is 0 Å². The molecule has 0 bridgehead atoms. The zero-order valence-corrected chi connectivity index (χ0v) is 10.2. The number of hydrogen-bond acceptors (Lipinski definition) is 3. The van der Waals surface area contributed by atoms with Gasteiger partial charge in [-0.2, -0.15) is 0 Å². The highest BCUT2D eigenvalue weighted by Crippen LogP contribution is 2.29. The fourth-order valence-corrected chi connectivity index (χ4v) is 3.91. The van der Waals surface area contributed by atoms with E-state index in [1.807, 2.05) is 0 Å². The fraction of sp³-hybridized carbons (Fsp3) is 1.00. The van der Waals surface area contributed by atoms with Gasteiger partial charge in [-0.3, -0.25) is 0 Å². The molecule has 2 fully saturated rings. The van der Waals surface area contributed by atoms with E-state index < -0.39 is 9.84 Å². The highest BCUT2D eigenvalue weighted by molar-refractivity contribution is 7.91.